The van der Waals surface area contributed by atoms with Gasteiger partial charge in [0, 0.05) is 7.05 Å². The number of nitrogens with one attached hydrogen (secondary N) is 2. The number of rotatable bonds is 4. The molecule has 7 heteroatoms. The molecule has 0 saturated carbocycles. The van der Waals surface area contributed by atoms with Crippen molar-refractivity contribution >= 4 is 11.6 Å². The van der Waals surface area contributed by atoms with Crippen molar-refractivity contribution in [2.75, 3.05) is 10.7 Å². The minimum atomic E-state index is 0.530. The summed E-state index contributed by atoms with van der Waals surface area (Å²) < 4.78 is 1.66. The van der Waals surface area contributed by atoms with E-state index in [2.05, 4.69) is 25.8 Å². The van der Waals surface area contributed by atoms with E-state index < -0.39 is 0 Å². The van der Waals surface area contributed by atoms with E-state index in [1.165, 1.54) is 0 Å². The normalized spacial score (nSPS) is 10.1. The van der Waals surface area contributed by atoms with Crippen LogP contribution in [0.1, 0.15) is 5.82 Å². The molecule has 0 radical (unpaired) electrons. The summed E-state index contributed by atoms with van der Waals surface area (Å²) in [4.78, 5) is 8.30. The van der Waals surface area contributed by atoms with Gasteiger partial charge in [-0.15, -0.1) is 0 Å². The fraction of sp³-hybridized carbons (Fsp3) is 0.222. The molecule has 0 aromatic carbocycles. The molecule has 2 aromatic heterocycles. The largest absolute Gasteiger partial charge is 0.363 e. The van der Waals surface area contributed by atoms with E-state index in [9.17, 15) is 0 Å². The fourth-order valence-electron chi connectivity index (χ4n) is 1.25. The lowest BCUT2D eigenvalue weighted by atomic mass is 10.4. The van der Waals surface area contributed by atoms with Gasteiger partial charge < -0.3 is 10.7 Å². The van der Waals surface area contributed by atoms with Gasteiger partial charge in [-0.2, -0.15) is 5.10 Å². The van der Waals surface area contributed by atoms with E-state index in [1.807, 2.05) is 19.2 Å². The molecular formula is C9H13N7. The molecule has 0 spiro atoms. The maximum atomic E-state index is 5.26. The number of aromatic nitrogens is 4. The zero-order chi connectivity index (χ0) is 11.4. The lowest BCUT2D eigenvalue weighted by molar-refractivity contribution is 0.747. The van der Waals surface area contributed by atoms with Crippen molar-refractivity contribution in [1.29, 1.82) is 0 Å². The van der Waals surface area contributed by atoms with E-state index in [0.29, 0.717) is 12.4 Å². The summed E-state index contributed by atoms with van der Waals surface area (Å²) in [6.07, 6.45) is 1.66. The predicted molar refractivity (Wildman–Crippen MR) is 60.4 cm³/mol. The minimum Gasteiger partial charge on any atom is -0.363 e. The lowest BCUT2D eigenvalue weighted by Gasteiger charge is -2.04. The van der Waals surface area contributed by atoms with Gasteiger partial charge in [0.15, 0.2) is 5.82 Å². The zero-order valence-electron chi connectivity index (χ0n) is 8.88. The standard InChI is InChI=1S/C9H13N7/c1-16-6-12-9(15-16)5-11-7-3-2-4-8(13-7)14-10/h2-4,6H,5,10H2,1H3,(H2,11,13,14). The molecule has 4 N–H and O–H groups in total. The highest BCUT2D eigenvalue weighted by Crippen LogP contribution is 2.08. The third-order valence-corrected chi connectivity index (χ3v) is 1.97. The van der Waals surface area contributed by atoms with E-state index in [4.69, 9.17) is 5.84 Å². The average molecular weight is 219 g/mol. The predicted octanol–water partition coefficient (Wildman–Crippen LogP) is 0.108. The number of hydrogen-bond acceptors (Lipinski definition) is 6. The number of aryl methyl sites for hydroxylation is 1. The average Bonchev–Trinajstić information content (AvgIpc) is 2.73. The van der Waals surface area contributed by atoms with E-state index in [-0.39, 0.29) is 0 Å². The molecule has 0 atom stereocenters. The summed E-state index contributed by atoms with van der Waals surface area (Å²) in [6.45, 7) is 0.530. The van der Waals surface area contributed by atoms with Crippen molar-refractivity contribution < 1.29 is 0 Å². The summed E-state index contributed by atoms with van der Waals surface area (Å²) >= 11 is 0. The van der Waals surface area contributed by atoms with Gasteiger partial charge in [-0.3, -0.25) is 4.68 Å². The monoisotopic (exact) mass is 219 g/mol. The van der Waals surface area contributed by atoms with Gasteiger partial charge in [0.25, 0.3) is 0 Å². The molecule has 2 rings (SSSR count). The number of hydrazine groups is 1. The van der Waals surface area contributed by atoms with Crippen LogP contribution >= 0.6 is 0 Å². The molecule has 0 saturated heterocycles. The van der Waals surface area contributed by atoms with Gasteiger partial charge in [0.2, 0.25) is 0 Å². The molecule has 2 heterocycles. The topological polar surface area (TPSA) is 93.7 Å². The first-order valence-corrected chi connectivity index (χ1v) is 4.80. The Balaban J connectivity index is 1.99. The molecule has 0 amide bonds. The van der Waals surface area contributed by atoms with E-state index >= 15 is 0 Å². The number of hydrogen-bond donors (Lipinski definition) is 3. The third-order valence-electron chi connectivity index (χ3n) is 1.97. The van der Waals surface area contributed by atoms with Crippen molar-refractivity contribution in [2.24, 2.45) is 12.9 Å². The van der Waals surface area contributed by atoms with Gasteiger partial charge in [0.1, 0.15) is 18.0 Å². The second kappa shape index (κ2) is 4.58. The Morgan fingerprint density at radius 3 is 2.88 bits per heavy atom. The lowest BCUT2D eigenvalue weighted by Crippen LogP contribution is -2.10. The highest BCUT2D eigenvalue weighted by atomic mass is 15.3. The molecule has 0 aliphatic carbocycles. The molecule has 0 unspecified atom stereocenters. The molecule has 84 valence electrons. The zero-order valence-corrected chi connectivity index (χ0v) is 8.88. The van der Waals surface area contributed by atoms with Crippen molar-refractivity contribution in [1.82, 2.24) is 19.7 Å². The Morgan fingerprint density at radius 2 is 2.19 bits per heavy atom. The smallest absolute Gasteiger partial charge is 0.169 e. The third kappa shape index (κ3) is 2.45. The van der Waals surface area contributed by atoms with Gasteiger partial charge in [-0.05, 0) is 12.1 Å². The Hall–Kier alpha value is -2.15. The van der Waals surface area contributed by atoms with Crippen molar-refractivity contribution in [2.45, 2.75) is 6.54 Å². The van der Waals surface area contributed by atoms with Gasteiger partial charge in [-0.25, -0.2) is 15.8 Å². The quantitative estimate of drug-likeness (QED) is 0.499. The first-order chi connectivity index (χ1) is 7.78. The maximum absolute atomic E-state index is 5.26. The van der Waals surface area contributed by atoms with Crippen LogP contribution in [0.2, 0.25) is 0 Å². The maximum Gasteiger partial charge on any atom is 0.169 e. The van der Waals surface area contributed by atoms with Gasteiger partial charge in [0.05, 0.1) is 6.54 Å². The van der Waals surface area contributed by atoms with Crippen LogP contribution in [0, 0.1) is 0 Å². The molecule has 0 bridgehead atoms. The number of nitrogens with two attached hydrogens (primary N) is 1. The molecule has 7 nitrogen and oxygen atoms in total. The van der Waals surface area contributed by atoms with E-state index in [1.54, 1.807) is 17.1 Å². The van der Waals surface area contributed by atoms with Crippen LogP contribution in [0.5, 0.6) is 0 Å². The van der Waals surface area contributed by atoms with Crippen molar-refractivity contribution in [3.63, 3.8) is 0 Å². The molecule has 2 aromatic rings. The van der Waals surface area contributed by atoms with Crippen LogP contribution < -0.4 is 16.6 Å². The number of nitrogens with zero attached hydrogens (tertiary/aromatic N) is 4. The molecule has 16 heavy (non-hydrogen) atoms. The summed E-state index contributed by atoms with van der Waals surface area (Å²) in [6, 6.07) is 5.49. The van der Waals surface area contributed by atoms with Gasteiger partial charge in [-0.1, -0.05) is 6.07 Å². The number of nitrogen functional groups attached to an aromatic ring is 1. The van der Waals surface area contributed by atoms with E-state index in [0.717, 1.165) is 11.6 Å². The summed E-state index contributed by atoms with van der Waals surface area (Å²) in [5, 5.41) is 7.25. The number of pyridine rings is 1. The SMILES string of the molecule is Cn1cnc(CNc2cccc(NN)n2)n1. The Bertz CT molecular complexity index is 464. The Kier molecular flexibility index (Phi) is 2.97. The summed E-state index contributed by atoms with van der Waals surface area (Å²) in [7, 11) is 1.83. The Labute approximate surface area is 92.7 Å². The van der Waals surface area contributed by atoms with Gasteiger partial charge >= 0.3 is 0 Å². The van der Waals surface area contributed by atoms with Crippen LogP contribution in [-0.4, -0.2) is 19.7 Å². The summed E-state index contributed by atoms with van der Waals surface area (Å²) in [5.41, 5.74) is 2.48. The fourth-order valence-corrected chi connectivity index (χ4v) is 1.25. The minimum absolute atomic E-state index is 0.530. The molecular weight excluding hydrogens is 206 g/mol. The Morgan fingerprint density at radius 1 is 1.38 bits per heavy atom. The molecule has 0 aliphatic heterocycles. The molecule has 0 fully saturated rings. The first kappa shape index (κ1) is 10.4. The van der Waals surface area contributed by atoms with Crippen LogP contribution in [0.25, 0.3) is 0 Å². The highest BCUT2D eigenvalue weighted by molar-refractivity contribution is 5.44. The second-order valence-corrected chi connectivity index (χ2v) is 3.24. The molecule has 0 aliphatic rings. The highest BCUT2D eigenvalue weighted by Gasteiger charge is 1.99. The van der Waals surface area contributed by atoms with Crippen LogP contribution in [0.4, 0.5) is 11.6 Å². The summed E-state index contributed by atoms with van der Waals surface area (Å²) in [5.74, 6) is 7.31. The second-order valence-electron chi connectivity index (χ2n) is 3.24. The van der Waals surface area contributed by atoms with Crippen LogP contribution in [-0.2, 0) is 13.6 Å². The van der Waals surface area contributed by atoms with Crippen LogP contribution in [0.15, 0.2) is 24.5 Å². The van der Waals surface area contributed by atoms with Crippen molar-refractivity contribution in [3.8, 4) is 0 Å². The first-order valence-electron chi connectivity index (χ1n) is 4.80. The van der Waals surface area contributed by atoms with Crippen LogP contribution in [0.3, 0.4) is 0 Å². The number of anilines is 2. The van der Waals surface area contributed by atoms with Crippen molar-refractivity contribution in [3.05, 3.63) is 30.4 Å².